The summed E-state index contributed by atoms with van der Waals surface area (Å²) in [4.78, 5) is 2.34. The number of piperidine rings is 1. The highest BCUT2D eigenvalue weighted by molar-refractivity contribution is 5.21. The van der Waals surface area contributed by atoms with E-state index in [2.05, 4.69) is 10.2 Å². The summed E-state index contributed by atoms with van der Waals surface area (Å²) in [6, 6.07) is 4.44. The Labute approximate surface area is 112 Å². The molecule has 2 aliphatic rings. The second kappa shape index (κ2) is 5.17. The van der Waals surface area contributed by atoms with Gasteiger partial charge in [-0.15, -0.1) is 0 Å². The Kier molecular flexibility index (Phi) is 3.54. The van der Waals surface area contributed by atoms with Crippen LogP contribution in [0.1, 0.15) is 31.4 Å². The molecule has 1 aromatic carbocycles. The number of nitrogens with one attached hydrogen (secondary N) is 1. The fourth-order valence-corrected chi connectivity index (χ4v) is 3.42. The first-order valence-electron chi connectivity index (χ1n) is 7.07. The summed E-state index contributed by atoms with van der Waals surface area (Å²) in [5.74, 6) is -0.289. The molecule has 2 saturated heterocycles. The lowest BCUT2D eigenvalue weighted by Crippen LogP contribution is -2.40. The van der Waals surface area contributed by atoms with Crippen LogP contribution in [0.15, 0.2) is 18.2 Å². The first-order chi connectivity index (χ1) is 9.13. The SMILES string of the molecule is CC(c1cc(F)cc(F)c1)N1C[C@@H]2CCCN[C@@H]2C1. The van der Waals surface area contributed by atoms with Gasteiger partial charge in [0.15, 0.2) is 0 Å². The summed E-state index contributed by atoms with van der Waals surface area (Å²) in [5.41, 5.74) is 0.733. The molecule has 4 heteroatoms. The van der Waals surface area contributed by atoms with Gasteiger partial charge in [0.2, 0.25) is 0 Å². The van der Waals surface area contributed by atoms with E-state index in [1.165, 1.54) is 25.0 Å². The molecule has 2 nitrogen and oxygen atoms in total. The van der Waals surface area contributed by atoms with Crippen LogP contribution in [0.3, 0.4) is 0 Å². The molecule has 1 N–H and O–H groups in total. The molecule has 0 bridgehead atoms. The average molecular weight is 266 g/mol. The minimum Gasteiger partial charge on any atom is -0.312 e. The monoisotopic (exact) mass is 266 g/mol. The highest BCUT2D eigenvalue weighted by atomic mass is 19.1. The standard InChI is InChI=1S/C15H20F2N2/c1-10(12-5-13(16)7-14(17)6-12)19-8-11-3-2-4-18-15(11)9-19/h5-7,10-11,15,18H,2-4,8-9H2,1H3/t10?,11-,15+/m0/s1. The van der Waals surface area contributed by atoms with Gasteiger partial charge in [0.25, 0.3) is 0 Å². The molecule has 1 unspecified atom stereocenters. The van der Waals surface area contributed by atoms with Crippen LogP contribution in [0, 0.1) is 17.6 Å². The molecule has 0 saturated carbocycles. The average Bonchev–Trinajstić information content (AvgIpc) is 2.80. The summed E-state index contributed by atoms with van der Waals surface area (Å²) in [6.45, 7) is 5.13. The van der Waals surface area contributed by atoms with E-state index in [-0.39, 0.29) is 6.04 Å². The molecular formula is C15H20F2N2. The zero-order valence-electron chi connectivity index (χ0n) is 11.2. The normalized spacial score (nSPS) is 29.2. The van der Waals surface area contributed by atoms with Crippen LogP contribution >= 0.6 is 0 Å². The van der Waals surface area contributed by atoms with Crippen molar-refractivity contribution in [1.29, 1.82) is 0 Å². The number of fused-ring (bicyclic) bond motifs is 1. The van der Waals surface area contributed by atoms with E-state index in [4.69, 9.17) is 0 Å². The topological polar surface area (TPSA) is 15.3 Å². The van der Waals surface area contributed by atoms with Gasteiger partial charge in [0, 0.05) is 31.2 Å². The van der Waals surface area contributed by atoms with Crippen molar-refractivity contribution in [3.8, 4) is 0 Å². The number of benzene rings is 1. The molecule has 2 aliphatic heterocycles. The van der Waals surface area contributed by atoms with Crippen LogP contribution < -0.4 is 5.32 Å². The van der Waals surface area contributed by atoms with Gasteiger partial charge in [-0.1, -0.05) is 0 Å². The third-order valence-electron chi connectivity index (χ3n) is 4.54. The van der Waals surface area contributed by atoms with Gasteiger partial charge in [-0.05, 0) is 49.9 Å². The number of nitrogens with zero attached hydrogens (tertiary/aromatic N) is 1. The van der Waals surface area contributed by atoms with E-state index in [1.807, 2.05) is 6.92 Å². The molecule has 0 amide bonds. The molecule has 3 atom stereocenters. The van der Waals surface area contributed by atoms with E-state index in [1.54, 1.807) is 0 Å². The zero-order chi connectivity index (χ0) is 13.4. The van der Waals surface area contributed by atoms with E-state index < -0.39 is 11.6 Å². The highest BCUT2D eigenvalue weighted by Gasteiger charge is 2.36. The Morgan fingerprint density at radius 1 is 1.21 bits per heavy atom. The van der Waals surface area contributed by atoms with Crippen molar-refractivity contribution in [3.63, 3.8) is 0 Å². The van der Waals surface area contributed by atoms with Crippen LogP contribution in [0.2, 0.25) is 0 Å². The fraction of sp³-hybridized carbons (Fsp3) is 0.600. The van der Waals surface area contributed by atoms with E-state index in [9.17, 15) is 8.78 Å². The zero-order valence-corrected chi connectivity index (χ0v) is 11.2. The molecule has 0 spiro atoms. The lowest BCUT2D eigenvalue weighted by Gasteiger charge is -2.25. The van der Waals surface area contributed by atoms with Gasteiger partial charge in [0.05, 0.1) is 0 Å². The summed E-state index contributed by atoms with van der Waals surface area (Å²) < 4.78 is 26.6. The first kappa shape index (κ1) is 13.0. The van der Waals surface area contributed by atoms with E-state index in [0.29, 0.717) is 12.0 Å². The maximum absolute atomic E-state index is 13.3. The predicted octanol–water partition coefficient (Wildman–Crippen LogP) is 2.71. The van der Waals surface area contributed by atoms with Crippen molar-refractivity contribution >= 4 is 0 Å². The minimum absolute atomic E-state index is 0.0672. The van der Waals surface area contributed by atoms with Gasteiger partial charge >= 0.3 is 0 Å². The third kappa shape index (κ3) is 2.65. The van der Waals surface area contributed by atoms with Gasteiger partial charge in [0.1, 0.15) is 11.6 Å². The number of halogens is 2. The molecule has 104 valence electrons. The van der Waals surface area contributed by atoms with Gasteiger partial charge in [-0.3, -0.25) is 4.90 Å². The second-order valence-corrected chi connectivity index (χ2v) is 5.80. The summed E-state index contributed by atoms with van der Waals surface area (Å²) in [5, 5.41) is 3.55. The summed E-state index contributed by atoms with van der Waals surface area (Å²) >= 11 is 0. The Hall–Kier alpha value is -1.00. The van der Waals surface area contributed by atoms with Crippen LogP contribution in [0.5, 0.6) is 0 Å². The lowest BCUT2D eigenvalue weighted by atomic mass is 9.94. The molecular weight excluding hydrogens is 246 g/mol. The molecule has 0 radical (unpaired) electrons. The Morgan fingerprint density at radius 3 is 2.63 bits per heavy atom. The van der Waals surface area contributed by atoms with E-state index >= 15 is 0 Å². The minimum atomic E-state index is -0.489. The quantitative estimate of drug-likeness (QED) is 0.885. The van der Waals surface area contributed by atoms with Crippen LogP contribution in [-0.4, -0.2) is 30.6 Å². The van der Waals surface area contributed by atoms with Crippen LogP contribution in [-0.2, 0) is 0 Å². The Bertz CT molecular complexity index is 429. The summed E-state index contributed by atoms with van der Waals surface area (Å²) in [7, 11) is 0. The molecule has 0 aliphatic carbocycles. The van der Waals surface area contributed by atoms with Crippen molar-refractivity contribution in [2.24, 2.45) is 5.92 Å². The van der Waals surface area contributed by atoms with Gasteiger partial charge in [-0.25, -0.2) is 8.78 Å². The van der Waals surface area contributed by atoms with Crippen LogP contribution in [0.25, 0.3) is 0 Å². The molecule has 2 heterocycles. The third-order valence-corrected chi connectivity index (χ3v) is 4.54. The van der Waals surface area contributed by atoms with Crippen molar-refractivity contribution in [3.05, 3.63) is 35.4 Å². The van der Waals surface area contributed by atoms with E-state index in [0.717, 1.165) is 31.3 Å². The number of hydrogen-bond acceptors (Lipinski definition) is 2. The Morgan fingerprint density at radius 2 is 1.95 bits per heavy atom. The smallest absolute Gasteiger partial charge is 0.126 e. The molecule has 3 rings (SSSR count). The van der Waals surface area contributed by atoms with Crippen molar-refractivity contribution < 1.29 is 8.78 Å². The molecule has 0 aromatic heterocycles. The molecule has 2 fully saturated rings. The molecule has 1 aromatic rings. The van der Waals surface area contributed by atoms with Gasteiger partial charge < -0.3 is 5.32 Å². The second-order valence-electron chi connectivity index (χ2n) is 5.80. The largest absolute Gasteiger partial charge is 0.312 e. The first-order valence-corrected chi connectivity index (χ1v) is 7.07. The van der Waals surface area contributed by atoms with Gasteiger partial charge in [-0.2, -0.15) is 0 Å². The van der Waals surface area contributed by atoms with Crippen molar-refractivity contribution in [1.82, 2.24) is 10.2 Å². The Balaban J connectivity index is 1.75. The summed E-state index contributed by atoms with van der Waals surface area (Å²) in [6.07, 6.45) is 2.50. The maximum Gasteiger partial charge on any atom is 0.126 e. The number of likely N-dealkylation sites (tertiary alicyclic amines) is 1. The van der Waals surface area contributed by atoms with Crippen LogP contribution in [0.4, 0.5) is 8.78 Å². The molecule has 19 heavy (non-hydrogen) atoms. The number of hydrogen-bond donors (Lipinski definition) is 1. The maximum atomic E-state index is 13.3. The van der Waals surface area contributed by atoms with Crippen molar-refractivity contribution in [2.75, 3.05) is 19.6 Å². The highest BCUT2D eigenvalue weighted by Crippen LogP contribution is 2.31. The number of rotatable bonds is 2. The fourth-order valence-electron chi connectivity index (χ4n) is 3.42. The van der Waals surface area contributed by atoms with Crippen molar-refractivity contribution in [2.45, 2.75) is 31.8 Å². The predicted molar refractivity (Wildman–Crippen MR) is 70.9 cm³/mol. The lowest BCUT2D eigenvalue weighted by molar-refractivity contribution is 0.250.